The van der Waals surface area contributed by atoms with E-state index in [2.05, 4.69) is 25.0 Å². The Morgan fingerprint density at radius 3 is 1.86 bits per heavy atom. The second-order valence-electron chi connectivity index (χ2n) is 7.17. The lowest BCUT2D eigenvalue weighted by molar-refractivity contribution is -0.141. The molecule has 0 N–H and O–H groups in total. The Hall–Kier alpha value is -2.58. The molecule has 0 spiro atoms. The maximum atomic E-state index is 12.9. The van der Waals surface area contributed by atoms with Gasteiger partial charge in [0, 0.05) is 51.2 Å². The molecule has 4 rings (SSSR count). The minimum Gasteiger partial charge on any atom is -0.368 e. The molecule has 9 heteroatoms. The van der Waals surface area contributed by atoms with Crippen molar-refractivity contribution in [1.29, 1.82) is 0 Å². The predicted molar refractivity (Wildman–Crippen MR) is 102 cm³/mol. The topological polar surface area (TPSA) is 48.4 Å². The van der Waals surface area contributed by atoms with Gasteiger partial charge in [0.25, 0.3) is 0 Å². The average Bonchev–Trinajstić information content (AvgIpc) is 2.74. The number of piperazine rings is 1. The number of anilines is 3. The van der Waals surface area contributed by atoms with E-state index in [-0.39, 0.29) is 0 Å². The second-order valence-corrected chi connectivity index (χ2v) is 7.17. The Morgan fingerprint density at radius 2 is 1.29 bits per heavy atom. The van der Waals surface area contributed by atoms with Gasteiger partial charge in [-0.15, -0.1) is 10.2 Å². The highest BCUT2D eigenvalue weighted by atomic mass is 19.4. The Kier molecular flexibility index (Phi) is 5.23. The predicted octanol–water partition coefficient (Wildman–Crippen LogP) is 3.21. The maximum absolute atomic E-state index is 12.9. The Morgan fingerprint density at radius 1 is 0.714 bits per heavy atom. The first-order valence-electron chi connectivity index (χ1n) is 9.62. The van der Waals surface area contributed by atoms with Crippen LogP contribution in [0.1, 0.15) is 25.0 Å². The van der Waals surface area contributed by atoms with E-state index in [4.69, 9.17) is 0 Å². The van der Waals surface area contributed by atoms with Crippen LogP contribution < -0.4 is 14.7 Å². The molecule has 6 nitrogen and oxygen atoms in total. The van der Waals surface area contributed by atoms with E-state index in [0.717, 1.165) is 30.8 Å². The quantitative estimate of drug-likeness (QED) is 0.800. The minimum absolute atomic E-state index is 0.550. The summed E-state index contributed by atoms with van der Waals surface area (Å²) in [5, 5.41) is 8.76. The lowest BCUT2D eigenvalue weighted by atomic mass is 10.1. The van der Waals surface area contributed by atoms with Crippen LogP contribution in [0, 0.1) is 0 Å². The zero-order chi connectivity index (χ0) is 19.6. The SMILES string of the molecule is FC(F)(F)c1cc(N2CCN(c3ccc(N4CCCCC4)nn3)CC2)ccn1. The molecule has 0 unspecified atom stereocenters. The van der Waals surface area contributed by atoms with Crippen LogP contribution in [0.4, 0.5) is 30.5 Å². The molecule has 2 aromatic heterocycles. The summed E-state index contributed by atoms with van der Waals surface area (Å²) in [6.07, 6.45) is 0.444. The van der Waals surface area contributed by atoms with E-state index in [9.17, 15) is 13.2 Å². The maximum Gasteiger partial charge on any atom is 0.433 e. The molecule has 0 amide bonds. The summed E-state index contributed by atoms with van der Waals surface area (Å²) in [4.78, 5) is 9.76. The summed E-state index contributed by atoms with van der Waals surface area (Å²) in [5.41, 5.74) is -0.305. The van der Waals surface area contributed by atoms with E-state index < -0.39 is 11.9 Å². The molecule has 2 fully saturated rings. The van der Waals surface area contributed by atoms with Crippen LogP contribution in [0.5, 0.6) is 0 Å². The molecule has 2 aliphatic heterocycles. The fourth-order valence-corrected chi connectivity index (χ4v) is 3.74. The van der Waals surface area contributed by atoms with Gasteiger partial charge in [-0.3, -0.25) is 4.98 Å². The van der Waals surface area contributed by atoms with E-state index >= 15 is 0 Å². The number of pyridine rings is 1. The molecule has 0 aliphatic carbocycles. The van der Waals surface area contributed by atoms with E-state index in [1.54, 1.807) is 6.07 Å². The van der Waals surface area contributed by atoms with E-state index in [1.165, 1.54) is 25.5 Å². The molecule has 28 heavy (non-hydrogen) atoms. The third-order valence-electron chi connectivity index (χ3n) is 5.32. The third-order valence-corrected chi connectivity index (χ3v) is 5.32. The van der Waals surface area contributed by atoms with Crippen molar-refractivity contribution in [2.45, 2.75) is 25.4 Å². The van der Waals surface area contributed by atoms with Crippen molar-refractivity contribution in [3.63, 3.8) is 0 Å². The smallest absolute Gasteiger partial charge is 0.368 e. The van der Waals surface area contributed by atoms with Crippen LogP contribution in [0.25, 0.3) is 0 Å². The lowest BCUT2D eigenvalue weighted by Gasteiger charge is -2.36. The van der Waals surface area contributed by atoms with Crippen molar-refractivity contribution in [1.82, 2.24) is 15.2 Å². The molecule has 150 valence electrons. The molecule has 2 aromatic rings. The molecule has 0 aromatic carbocycles. The first-order chi connectivity index (χ1) is 13.5. The minimum atomic E-state index is -4.43. The number of nitrogens with zero attached hydrogens (tertiary/aromatic N) is 6. The summed E-state index contributed by atoms with van der Waals surface area (Å²) in [6, 6.07) is 6.74. The van der Waals surface area contributed by atoms with Crippen molar-refractivity contribution < 1.29 is 13.2 Å². The van der Waals surface area contributed by atoms with Gasteiger partial charge in [0.05, 0.1) is 0 Å². The highest BCUT2D eigenvalue weighted by molar-refractivity contribution is 5.51. The van der Waals surface area contributed by atoms with Gasteiger partial charge in [0.15, 0.2) is 11.6 Å². The number of rotatable bonds is 3. The van der Waals surface area contributed by atoms with Crippen molar-refractivity contribution in [2.75, 3.05) is 54.0 Å². The molecular formula is C19H23F3N6. The van der Waals surface area contributed by atoms with Gasteiger partial charge in [-0.05, 0) is 43.5 Å². The standard InChI is InChI=1S/C19H23F3N6/c20-19(21,22)16-14-15(6-7-23-16)26-10-12-28(13-11-26)18-5-4-17(24-25-18)27-8-2-1-3-9-27/h4-7,14H,1-3,8-13H2. The van der Waals surface area contributed by atoms with Crippen LogP contribution in [0.3, 0.4) is 0 Å². The van der Waals surface area contributed by atoms with E-state index in [1.807, 2.05) is 17.0 Å². The summed E-state index contributed by atoms with van der Waals surface area (Å²) >= 11 is 0. The number of halogens is 3. The Balaban J connectivity index is 1.37. The van der Waals surface area contributed by atoms with Crippen LogP contribution >= 0.6 is 0 Å². The zero-order valence-electron chi connectivity index (χ0n) is 15.6. The fraction of sp³-hybridized carbons (Fsp3) is 0.526. The van der Waals surface area contributed by atoms with Gasteiger partial charge in [-0.1, -0.05) is 0 Å². The molecule has 0 saturated carbocycles. The number of alkyl halides is 3. The Bertz CT molecular complexity index is 781. The second kappa shape index (κ2) is 7.81. The van der Waals surface area contributed by atoms with Crippen molar-refractivity contribution in [3.8, 4) is 0 Å². The molecule has 2 saturated heterocycles. The van der Waals surface area contributed by atoms with Crippen LogP contribution in [0.15, 0.2) is 30.5 Å². The van der Waals surface area contributed by atoms with Crippen molar-refractivity contribution in [2.24, 2.45) is 0 Å². The largest absolute Gasteiger partial charge is 0.433 e. The molecule has 0 radical (unpaired) electrons. The summed E-state index contributed by atoms with van der Waals surface area (Å²) in [5.74, 6) is 1.73. The van der Waals surface area contributed by atoms with Gasteiger partial charge in [0.1, 0.15) is 5.69 Å². The first-order valence-corrected chi connectivity index (χ1v) is 9.62. The van der Waals surface area contributed by atoms with Gasteiger partial charge in [-0.25, -0.2) is 0 Å². The molecule has 4 heterocycles. The lowest BCUT2D eigenvalue weighted by Crippen LogP contribution is -2.47. The van der Waals surface area contributed by atoms with Gasteiger partial charge >= 0.3 is 6.18 Å². The van der Waals surface area contributed by atoms with Crippen LogP contribution in [-0.2, 0) is 6.18 Å². The summed E-state index contributed by atoms with van der Waals surface area (Å²) in [6.45, 7) is 4.66. The zero-order valence-corrected chi connectivity index (χ0v) is 15.6. The van der Waals surface area contributed by atoms with Crippen molar-refractivity contribution in [3.05, 3.63) is 36.2 Å². The highest BCUT2D eigenvalue weighted by Crippen LogP contribution is 2.30. The third kappa shape index (κ3) is 4.13. The summed E-state index contributed by atoms with van der Waals surface area (Å²) in [7, 11) is 0. The van der Waals surface area contributed by atoms with Crippen LogP contribution in [0.2, 0.25) is 0 Å². The normalized spacial score (nSPS) is 18.5. The van der Waals surface area contributed by atoms with Crippen molar-refractivity contribution >= 4 is 17.3 Å². The summed E-state index contributed by atoms with van der Waals surface area (Å²) < 4.78 is 38.6. The molecular weight excluding hydrogens is 369 g/mol. The van der Waals surface area contributed by atoms with Gasteiger partial charge in [0.2, 0.25) is 0 Å². The van der Waals surface area contributed by atoms with Gasteiger partial charge < -0.3 is 14.7 Å². The van der Waals surface area contributed by atoms with E-state index in [0.29, 0.717) is 31.9 Å². The number of aromatic nitrogens is 3. The van der Waals surface area contributed by atoms with Crippen LogP contribution in [-0.4, -0.2) is 54.4 Å². The molecule has 2 aliphatic rings. The first kappa shape index (κ1) is 18.8. The Labute approximate surface area is 162 Å². The number of hydrogen-bond acceptors (Lipinski definition) is 6. The monoisotopic (exact) mass is 392 g/mol. The van der Waals surface area contributed by atoms with Gasteiger partial charge in [-0.2, -0.15) is 13.2 Å². The number of piperidine rings is 1. The number of hydrogen-bond donors (Lipinski definition) is 0. The fourth-order valence-electron chi connectivity index (χ4n) is 3.74. The molecule has 0 atom stereocenters. The highest BCUT2D eigenvalue weighted by Gasteiger charge is 2.33. The average molecular weight is 392 g/mol. The molecule has 0 bridgehead atoms.